The molecule has 2 N–H and O–H groups in total. The first kappa shape index (κ1) is 13.2. The topological polar surface area (TPSA) is 72.4 Å². The molecule has 1 aliphatic heterocycles. The predicted octanol–water partition coefficient (Wildman–Crippen LogP) is 2.27. The lowest BCUT2D eigenvalue weighted by molar-refractivity contribution is -0.131. The molecule has 0 unspecified atom stereocenters. The second-order valence-electron chi connectivity index (χ2n) is 5.12. The molecule has 0 saturated carbocycles. The van der Waals surface area contributed by atoms with E-state index in [1.54, 1.807) is 17.4 Å². The summed E-state index contributed by atoms with van der Waals surface area (Å²) >= 11 is 1.63. The van der Waals surface area contributed by atoms with Crippen LogP contribution in [0.3, 0.4) is 0 Å². The number of hydrogen-bond acceptors (Lipinski definition) is 5. The molecule has 3 rings (SSSR count). The van der Waals surface area contributed by atoms with E-state index in [2.05, 4.69) is 5.16 Å². The number of nitrogens with two attached hydrogens (primary N) is 1. The van der Waals surface area contributed by atoms with Gasteiger partial charge >= 0.3 is 0 Å². The summed E-state index contributed by atoms with van der Waals surface area (Å²) in [5.41, 5.74) is 7.56. The van der Waals surface area contributed by atoms with Crippen molar-refractivity contribution < 1.29 is 9.32 Å². The van der Waals surface area contributed by atoms with Crippen molar-refractivity contribution in [2.24, 2.45) is 0 Å². The van der Waals surface area contributed by atoms with Gasteiger partial charge in [0.15, 0.2) is 0 Å². The van der Waals surface area contributed by atoms with Crippen LogP contribution in [0.2, 0.25) is 0 Å². The highest BCUT2D eigenvalue weighted by Gasteiger charge is 2.25. The largest absolute Gasteiger partial charge is 0.368 e. The van der Waals surface area contributed by atoms with E-state index in [-0.39, 0.29) is 5.91 Å². The van der Waals surface area contributed by atoms with Crippen LogP contribution in [0.25, 0.3) is 0 Å². The van der Waals surface area contributed by atoms with E-state index in [9.17, 15) is 4.79 Å². The van der Waals surface area contributed by atoms with Gasteiger partial charge < -0.3 is 15.2 Å². The van der Waals surface area contributed by atoms with E-state index in [4.69, 9.17) is 10.3 Å². The summed E-state index contributed by atoms with van der Waals surface area (Å²) in [7, 11) is 0. The quantitative estimate of drug-likeness (QED) is 0.941. The molecule has 3 heterocycles. The number of amides is 1. The number of nitrogens with zero attached hydrogens (tertiary/aromatic N) is 2. The SMILES string of the molecule is Nc1cc(C2CCN(C(=O)Cc3ccsc3)CC2)no1. The second kappa shape index (κ2) is 5.66. The first-order valence-electron chi connectivity index (χ1n) is 6.73. The number of aromatic nitrogens is 1. The highest BCUT2D eigenvalue weighted by atomic mass is 32.1. The summed E-state index contributed by atoms with van der Waals surface area (Å²) in [4.78, 5) is 14.1. The van der Waals surface area contributed by atoms with Gasteiger partial charge in [0.1, 0.15) is 0 Å². The number of rotatable bonds is 3. The van der Waals surface area contributed by atoms with Gasteiger partial charge in [-0.15, -0.1) is 0 Å². The maximum atomic E-state index is 12.2. The molecule has 0 radical (unpaired) electrons. The third-order valence-electron chi connectivity index (χ3n) is 3.75. The van der Waals surface area contributed by atoms with E-state index in [1.165, 1.54) is 0 Å². The van der Waals surface area contributed by atoms with Crippen LogP contribution in [0.5, 0.6) is 0 Å². The monoisotopic (exact) mass is 291 g/mol. The molecule has 0 aliphatic carbocycles. The molecule has 0 atom stereocenters. The Morgan fingerprint density at radius 2 is 2.30 bits per heavy atom. The van der Waals surface area contributed by atoms with Gasteiger partial charge in [-0.25, -0.2) is 0 Å². The number of anilines is 1. The van der Waals surface area contributed by atoms with E-state index in [0.717, 1.165) is 37.2 Å². The van der Waals surface area contributed by atoms with Crippen LogP contribution >= 0.6 is 11.3 Å². The summed E-state index contributed by atoms with van der Waals surface area (Å²) in [6.07, 6.45) is 2.34. The molecule has 5 nitrogen and oxygen atoms in total. The average molecular weight is 291 g/mol. The Morgan fingerprint density at radius 3 is 2.90 bits per heavy atom. The Hall–Kier alpha value is -1.82. The summed E-state index contributed by atoms with van der Waals surface area (Å²) in [6, 6.07) is 3.79. The van der Waals surface area contributed by atoms with Gasteiger partial charge in [0.05, 0.1) is 12.1 Å². The highest BCUT2D eigenvalue weighted by Crippen LogP contribution is 2.28. The van der Waals surface area contributed by atoms with Gasteiger partial charge in [-0.2, -0.15) is 11.3 Å². The van der Waals surface area contributed by atoms with Gasteiger partial charge in [-0.05, 0) is 35.2 Å². The van der Waals surface area contributed by atoms with E-state index in [0.29, 0.717) is 18.2 Å². The number of carbonyl (C=O) groups is 1. The fraction of sp³-hybridized carbons (Fsp3) is 0.429. The minimum Gasteiger partial charge on any atom is -0.368 e. The number of thiophene rings is 1. The molecule has 0 aromatic carbocycles. The third-order valence-corrected chi connectivity index (χ3v) is 4.48. The van der Waals surface area contributed by atoms with Crippen molar-refractivity contribution >= 4 is 23.1 Å². The van der Waals surface area contributed by atoms with Crippen LogP contribution in [0.15, 0.2) is 27.4 Å². The van der Waals surface area contributed by atoms with Crippen LogP contribution in [-0.4, -0.2) is 29.1 Å². The molecular weight excluding hydrogens is 274 g/mol. The van der Waals surface area contributed by atoms with Crippen LogP contribution in [0, 0.1) is 0 Å². The highest BCUT2D eigenvalue weighted by molar-refractivity contribution is 7.07. The van der Waals surface area contributed by atoms with Crippen LogP contribution in [0.1, 0.15) is 30.0 Å². The molecule has 1 amide bonds. The van der Waals surface area contributed by atoms with Gasteiger partial charge in [0.2, 0.25) is 11.8 Å². The molecule has 1 aliphatic rings. The summed E-state index contributed by atoms with van der Waals surface area (Å²) in [5, 5.41) is 8.00. The Bertz CT molecular complexity index is 571. The van der Waals surface area contributed by atoms with Gasteiger partial charge in [-0.3, -0.25) is 4.79 Å². The lowest BCUT2D eigenvalue weighted by Gasteiger charge is -2.31. The molecule has 20 heavy (non-hydrogen) atoms. The zero-order valence-corrected chi connectivity index (χ0v) is 11.9. The van der Waals surface area contributed by atoms with Gasteiger partial charge in [-0.1, -0.05) is 5.16 Å². The number of hydrogen-bond donors (Lipinski definition) is 1. The lowest BCUT2D eigenvalue weighted by Crippen LogP contribution is -2.38. The van der Waals surface area contributed by atoms with Crippen LogP contribution in [0.4, 0.5) is 5.88 Å². The van der Waals surface area contributed by atoms with Gasteiger partial charge in [0.25, 0.3) is 0 Å². The standard InChI is InChI=1S/C14H17N3O2S/c15-13-8-12(16-19-13)11-1-4-17(5-2-11)14(18)7-10-3-6-20-9-10/h3,6,8-9,11H,1-2,4-5,7,15H2. The first-order valence-corrected chi connectivity index (χ1v) is 7.67. The summed E-state index contributed by atoms with van der Waals surface area (Å²) in [5.74, 6) is 0.915. The van der Waals surface area contributed by atoms with Crippen molar-refractivity contribution in [1.29, 1.82) is 0 Å². The lowest BCUT2D eigenvalue weighted by atomic mass is 9.93. The molecule has 1 fully saturated rings. The Labute approximate surface area is 121 Å². The van der Waals surface area contributed by atoms with Crippen LogP contribution < -0.4 is 5.73 Å². The van der Waals surface area contributed by atoms with Crippen molar-refractivity contribution in [2.45, 2.75) is 25.2 Å². The molecule has 6 heteroatoms. The molecule has 0 bridgehead atoms. The number of nitrogen functional groups attached to an aromatic ring is 1. The maximum Gasteiger partial charge on any atom is 0.227 e. The second-order valence-corrected chi connectivity index (χ2v) is 5.90. The first-order chi connectivity index (χ1) is 9.72. The number of likely N-dealkylation sites (tertiary alicyclic amines) is 1. The average Bonchev–Trinajstić information content (AvgIpc) is 3.10. The van der Waals surface area contributed by atoms with Crippen LogP contribution in [-0.2, 0) is 11.2 Å². The smallest absolute Gasteiger partial charge is 0.227 e. The van der Waals surface area contributed by atoms with Crippen molar-refractivity contribution in [3.63, 3.8) is 0 Å². The molecular formula is C14H17N3O2S. The summed E-state index contributed by atoms with van der Waals surface area (Å²) in [6.45, 7) is 1.56. The fourth-order valence-electron chi connectivity index (χ4n) is 2.60. The third kappa shape index (κ3) is 2.85. The Morgan fingerprint density at radius 1 is 1.50 bits per heavy atom. The molecule has 2 aromatic heterocycles. The minimum absolute atomic E-state index is 0.210. The Balaban J connectivity index is 1.54. The van der Waals surface area contributed by atoms with Gasteiger partial charge in [0, 0.05) is 25.1 Å². The number of piperidine rings is 1. The van der Waals surface area contributed by atoms with Crippen molar-refractivity contribution in [3.8, 4) is 0 Å². The van der Waals surface area contributed by atoms with Crippen molar-refractivity contribution in [3.05, 3.63) is 34.2 Å². The zero-order chi connectivity index (χ0) is 13.9. The zero-order valence-electron chi connectivity index (χ0n) is 11.1. The molecule has 0 spiro atoms. The van der Waals surface area contributed by atoms with E-state index in [1.807, 2.05) is 21.7 Å². The maximum absolute atomic E-state index is 12.2. The van der Waals surface area contributed by atoms with E-state index >= 15 is 0 Å². The number of carbonyl (C=O) groups excluding carboxylic acids is 1. The summed E-state index contributed by atoms with van der Waals surface area (Å²) < 4.78 is 4.91. The van der Waals surface area contributed by atoms with Crippen molar-refractivity contribution in [1.82, 2.24) is 10.1 Å². The normalized spacial score (nSPS) is 16.5. The Kier molecular flexibility index (Phi) is 3.73. The molecule has 2 aromatic rings. The molecule has 106 valence electrons. The molecule has 1 saturated heterocycles. The minimum atomic E-state index is 0.210. The predicted molar refractivity (Wildman–Crippen MR) is 77.5 cm³/mol. The fourth-order valence-corrected chi connectivity index (χ4v) is 3.27. The van der Waals surface area contributed by atoms with Crippen molar-refractivity contribution in [2.75, 3.05) is 18.8 Å². The van der Waals surface area contributed by atoms with E-state index < -0.39 is 0 Å².